The molecule has 1 aliphatic heterocycles. The molecule has 1 unspecified atom stereocenters. The number of benzene rings is 1. The predicted molar refractivity (Wildman–Crippen MR) is 81.7 cm³/mol. The van der Waals surface area contributed by atoms with Crippen molar-refractivity contribution in [3.8, 4) is 0 Å². The van der Waals surface area contributed by atoms with Gasteiger partial charge in [-0.1, -0.05) is 36.4 Å². The van der Waals surface area contributed by atoms with Crippen molar-refractivity contribution in [3.63, 3.8) is 0 Å². The van der Waals surface area contributed by atoms with Crippen molar-refractivity contribution >= 4 is 11.8 Å². The van der Waals surface area contributed by atoms with Crippen molar-refractivity contribution in [3.05, 3.63) is 59.8 Å². The Bertz CT molecular complexity index is 628. The molecule has 2 heterocycles. The van der Waals surface area contributed by atoms with E-state index in [1.807, 2.05) is 12.1 Å². The standard InChI is InChI=1S/C17H18N2O2/c20-17(21)15-9-4-10-16(18-15)19-11-5-8-14(19)12-13-6-2-1-3-7-13/h1-4,6-7,9-10,14H,5,8,11-12H2,(H,20,21). The highest BCUT2D eigenvalue weighted by atomic mass is 16.4. The molecular weight excluding hydrogens is 264 g/mol. The van der Waals surface area contributed by atoms with E-state index in [2.05, 4.69) is 34.1 Å². The quantitative estimate of drug-likeness (QED) is 0.936. The second-order valence-electron chi connectivity index (χ2n) is 5.37. The van der Waals surface area contributed by atoms with Crippen molar-refractivity contribution in [2.45, 2.75) is 25.3 Å². The number of nitrogens with zero attached hydrogens (tertiary/aromatic N) is 2. The van der Waals surface area contributed by atoms with Crippen LogP contribution in [0.4, 0.5) is 5.82 Å². The fourth-order valence-corrected chi connectivity index (χ4v) is 2.94. The number of hydrogen-bond acceptors (Lipinski definition) is 3. The predicted octanol–water partition coefficient (Wildman–Crippen LogP) is 2.99. The lowest BCUT2D eigenvalue weighted by Gasteiger charge is -2.26. The van der Waals surface area contributed by atoms with Gasteiger partial charge in [-0.15, -0.1) is 0 Å². The molecule has 4 nitrogen and oxygen atoms in total. The van der Waals surface area contributed by atoms with Gasteiger partial charge in [-0.3, -0.25) is 0 Å². The van der Waals surface area contributed by atoms with Gasteiger partial charge in [-0.2, -0.15) is 0 Å². The van der Waals surface area contributed by atoms with Crippen LogP contribution in [0.5, 0.6) is 0 Å². The zero-order valence-electron chi connectivity index (χ0n) is 11.8. The Kier molecular flexibility index (Phi) is 3.86. The van der Waals surface area contributed by atoms with E-state index < -0.39 is 5.97 Å². The largest absolute Gasteiger partial charge is 0.477 e. The monoisotopic (exact) mass is 282 g/mol. The number of carboxylic acids is 1. The molecule has 1 atom stereocenters. The maximum absolute atomic E-state index is 11.1. The smallest absolute Gasteiger partial charge is 0.354 e. The molecule has 1 aromatic heterocycles. The highest BCUT2D eigenvalue weighted by Crippen LogP contribution is 2.26. The van der Waals surface area contributed by atoms with E-state index in [9.17, 15) is 4.79 Å². The number of aromatic nitrogens is 1. The van der Waals surface area contributed by atoms with Gasteiger partial charge in [0.1, 0.15) is 5.82 Å². The van der Waals surface area contributed by atoms with Crippen molar-refractivity contribution in [2.24, 2.45) is 0 Å². The van der Waals surface area contributed by atoms with Crippen LogP contribution in [-0.2, 0) is 6.42 Å². The fourth-order valence-electron chi connectivity index (χ4n) is 2.94. The van der Waals surface area contributed by atoms with E-state index in [1.165, 1.54) is 11.6 Å². The molecule has 1 aromatic carbocycles. The molecule has 1 N–H and O–H groups in total. The third kappa shape index (κ3) is 3.05. The number of carbonyl (C=O) groups is 1. The average molecular weight is 282 g/mol. The van der Waals surface area contributed by atoms with Crippen LogP contribution in [-0.4, -0.2) is 28.6 Å². The van der Waals surface area contributed by atoms with Crippen molar-refractivity contribution in [2.75, 3.05) is 11.4 Å². The van der Waals surface area contributed by atoms with Gasteiger partial charge < -0.3 is 10.0 Å². The molecular formula is C17H18N2O2. The number of carboxylic acid groups (broad SMARTS) is 1. The second-order valence-corrected chi connectivity index (χ2v) is 5.37. The van der Waals surface area contributed by atoms with Gasteiger partial charge in [-0.25, -0.2) is 9.78 Å². The average Bonchev–Trinajstić information content (AvgIpc) is 2.96. The summed E-state index contributed by atoms with van der Waals surface area (Å²) in [5.41, 5.74) is 1.42. The van der Waals surface area contributed by atoms with E-state index in [-0.39, 0.29) is 5.69 Å². The maximum Gasteiger partial charge on any atom is 0.354 e. The summed E-state index contributed by atoms with van der Waals surface area (Å²) in [7, 11) is 0. The van der Waals surface area contributed by atoms with Crippen molar-refractivity contribution < 1.29 is 9.90 Å². The van der Waals surface area contributed by atoms with Gasteiger partial charge in [0, 0.05) is 12.6 Å². The van der Waals surface area contributed by atoms with Crippen molar-refractivity contribution in [1.29, 1.82) is 0 Å². The summed E-state index contributed by atoms with van der Waals surface area (Å²) in [5, 5.41) is 9.07. The molecule has 0 amide bonds. The number of aromatic carboxylic acids is 1. The van der Waals surface area contributed by atoms with Crippen LogP contribution >= 0.6 is 0 Å². The molecule has 0 saturated carbocycles. The molecule has 21 heavy (non-hydrogen) atoms. The lowest BCUT2D eigenvalue weighted by Crippen LogP contribution is -2.32. The Morgan fingerprint density at radius 2 is 2.00 bits per heavy atom. The SMILES string of the molecule is O=C(O)c1cccc(N2CCCC2Cc2ccccc2)n1. The topological polar surface area (TPSA) is 53.4 Å². The Morgan fingerprint density at radius 1 is 1.19 bits per heavy atom. The minimum atomic E-state index is -0.976. The minimum absolute atomic E-state index is 0.109. The maximum atomic E-state index is 11.1. The molecule has 1 aliphatic rings. The summed E-state index contributed by atoms with van der Waals surface area (Å²) in [6.45, 7) is 0.938. The van der Waals surface area contributed by atoms with Gasteiger partial charge in [-0.05, 0) is 37.0 Å². The van der Waals surface area contributed by atoms with Gasteiger partial charge in [0.25, 0.3) is 0 Å². The van der Waals surface area contributed by atoms with Crippen LogP contribution in [0.25, 0.3) is 0 Å². The molecule has 1 saturated heterocycles. The van der Waals surface area contributed by atoms with Gasteiger partial charge in [0.2, 0.25) is 0 Å². The Hall–Kier alpha value is -2.36. The van der Waals surface area contributed by atoms with E-state index in [4.69, 9.17) is 5.11 Å². The van der Waals surface area contributed by atoms with Gasteiger partial charge in [0.15, 0.2) is 5.69 Å². The number of anilines is 1. The highest BCUT2D eigenvalue weighted by Gasteiger charge is 2.26. The normalized spacial score (nSPS) is 17.9. The molecule has 0 aliphatic carbocycles. The third-order valence-electron chi connectivity index (χ3n) is 3.94. The van der Waals surface area contributed by atoms with Crippen LogP contribution in [0.1, 0.15) is 28.9 Å². The summed E-state index contributed by atoms with van der Waals surface area (Å²) < 4.78 is 0. The molecule has 0 bridgehead atoms. The summed E-state index contributed by atoms with van der Waals surface area (Å²) in [5.74, 6) is -0.205. The Labute approximate surface area is 124 Å². The molecule has 108 valence electrons. The first-order valence-corrected chi connectivity index (χ1v) is 7.25. The second kappa shape index (κ2) is 5.95. The minimum Gasteiger partial charge on any atom is -0.477 e. The summed E-state index contributed by atoms with van der Waals surface area (Å²) in [6.07, 6.45) is 3.21. The van der Waals surface area contributed by atoms with Crippen molar-refractivity contribution in [1.82, 2.24) is 4.98 Å². The Morgan fingerprint density at radius 3 is 2.76 bits per heavy atom. The molecule has 0 spiro atoms. The zero-order valence-corrected chi connectivity index (χ0v) is 11.8. The first-order valence-electron chi connectivity index (χ1n) is 7.25. The number of pyridine rings is 1. The first kappa shape index (κ1) is 13.6. The molecule has 1 fully saturated rings. The van der Waals surface area contributed by atoms with Crippen LogP contribution in [0.3, 0.4) is 0 Å². The summed E-state index contributed by atoms with van der Waals surface area (Å²) in [6, 6.07) is 16.0. The first-order chi connectivity index (χ1) is 10.2. The van der Waals surface area contributed by atoms with Gasteiger partial charge >= 0.3 is 5.97 Å². The van der Waals surface area contributed by atoms with E-state index in [1.54, 1.807) is 6.07 Å². The third-order valence-corrected chi connectivity index (χ3v) is 3.94. The van der Waals surface area contributed by atoms with E-state index >= 15 is 0 Å². The molecule has 4 heteroatoms. The lowest BCUT2D eigenvalue weighted by molar-refractivity contribution is 0.0690. The summed E-state index contributed by atoms with van der Waals surface area (Å²) in [4.78, 5) is 17.6. The summed E-state index contributed by atoms with van der Waals surface area (Å²) >= 11 is 0. The van der Waals surface area contributed by atoms with Crippen LogP contribution < -0.4 is 4.90 Å². The highest BCUT2D eigenvalue weighted by molar-refractivity contribution is 5.85. The Balaban J connectivity index is 1.80. The lowest BCUT2D eigenvalue weighted by atomic mass is 10.0. The van der Waals surface area contributed by atoms with E-state index in [0.717, 1.165) is 31.6 Å². The zero-order chi connectivity index (χ0) is 14.7. The molecule has 2 aromatic rings. The fraction of sp³-hybridized carbons (Fsp3) is 0.294. The molecule has 3 rings (SSSR count). The molecule has 0 radical (unpaired) electrons. The van der Waals surface area contributed by atoms with Gasteiger partial charge in [0.05, 0.1) is 0 Å². The van der Waals surface area contributed by atoms with Crippen LogP contribution in [0.15, 0.2) is 48.5 Å². The number of rotatable bonds is 4. The number of hydrogen-bond donors (Lipinski definition) is 1. The van der Waals surface area contributed by atoms with Crippen LogP contribution in [0.2, 0.25) is 0 Å². The van der Waals surface area contributed by atoms with Crippen LogP contribution in [0, 0.1) is 0 Å². The van der Waals surface area contributed by atoms with E-state index in [0.29, 0.717) is 6.04 Å².